The molecule has 0 rings (SSSR count). The van der Waals surface area contributed by atoms with Crippen molar-refractivity contribution in [1.29, 1.82) is 0 Å². The zero-order valence-corrected chi connectivity index (χ0v) is 19.7. The Balaban J connectivity index is 3.98. The van der Waals surface area contributed by atoms with Gasteiger partial charge in [0, 0.05) is 12.5 Å². The summed E-state index contributed by atoms with van der Waals surface area (Å²) in [7, 11) is 0. The molecule has 6 heteroatoms. The SMILES string of the molecule is CCCCCCCCCC=CC=CC=CC=CC=CC=CC(=O)N[C@@H](CCC(=O)O)C(=O)O. The van der Waals surface area contributed by atoms with Crippen LogP contribution in [0.15, 0.2) is 72.9 Å². The van der Waals surface area contributed by atoms with Crippen LogP contribution in [0.5, 0.6) is 0 Å². The smallest absolute Gasteiger partial charge is 0.326 e. The highest BCUT2D eigenvalue weighted by atomic mass is 16.4. The minimum absolute atomic E-state index is 0.168. The van der Waals surface area contributed by atoms with Crippen LogP contribution in [0.4, 0.5) is 0 Å². The second-order valence-electron chi connectivity index (χ2n) is 7.57. The van der Waals surface area contributed by atoms with Crippen molar-refractivity contribution in [1.82, 2.24) is 5.32 Å². The first-order chi connectivity index (χ1) is 16.0. The Bertz CT molecular complexity index is 729. The highest BCUT2D eigenvalue weighted by Gasteiger charge is 2.19. The van der Waals surface area contributed by atoms with Crippen molar-refractivity contribution in [3.05, 3.63) is 72.9 Å². The zero-order valence-electron chi connectivity index (χ0n) is 19.7. The number of nitrogens with one attached hydrogen (secondary N) is 1. The molecule has 33 heavy (non-hydrogen) atoms. The fourth-order valence-corrected chi connectivity index (χ4v) is 2.80. The van der Waals surface area contributed by atoms with Crippen LogP contribution >= 0.6 is 0 Å². The van der Waals surface area contributed by atoms with Gasteiger partial charge < -0.3 is 15.5 Å². The summed E-state index contributed by atoms with van der Waals surface area (Å²) in [5, 5.41) is 19.9. The Hall–Kier alpha value is -3.15. The molecule has 0 aliphatic heterocycles. The Morgan fingerprint density at radius 3 is 1.79 bits per heavy atom. The van der Waals surface area contributed by atoms with Crippen LogP contribution in [-0.4, -0.2) is 34.1 Å². The van der Waals surface area contributed by atoms with E-state index in [1.54, 1.807) is 18.2 Å². The molecule has 0 aromatic rings. The average Bonchev–Trinajstić information content (AvgIpc) is 2.77. The van der Waals surface area contributed by atoms with E-state index in [4.69, 9.17) is 10.2 Å². The monoisotopic (exact) mass is 457 g/mol. The Kier molecular flexibility index (Phi) is 20.0. The molecule has 0 radical (unpaired) electrons. The number of allylic oxidation sites excluding steroid dienone is 11. The van der Waals surface area contributed by atoms with Gasteiger partial charge in [-0.2, -0.15) is 0 Å². The van der Waals surface area contributed by atoms with Crippen LogP contribution in [-0.2, 0) is 14.4 Å². The molecule has 3 N–H and O–H groups in total. The molecule has 0 fully saturated rings. The van der Waals surface area contributed by atoms with Crippen molar-refractivity contribution in [3.63, 3.8) is 0 Å². The van der Waals surface area contributed by atoms with E-state index < -0.39 is 23.9 Å². The van der Waals surface area contributed by atoms with E-state index in [0.717, 1.165) is 6.42 Å². The van der Waals surface area contributed by atoms with Gasteiger partial charge in [0.15, 0.2) is 0 Å². The van der Waals surface area contributed by atoms with E-state index in [-0.39, 0.29) is 12.8 Å². The van der Waals surface area contributed by atoms with Gasteiger partial charge in [-0.1, -0.05) is 112 Å². The number of hydrogen-bond donors (Lipinski definition) is 3. The molecule has 6 nitrogen and oxygen atoms in total. The maximum Gasteiger partial charge on any atom is 0.326 e. The number of unbranched alkanes of at least 4 members (excludes halogenated alkanes) is 7. The number of carboxylic acids is 2. The third kappa shape index (κ3) is 21.9. The van der Waals surface area contributed by atoms with Crippen molar-refractivity contribution < 1.29 is 24.6 Å². The summed E-state index contributed by atoms with van der Waals surface area (Å²) in [6.45, 7) is 2.24. The fraction of sp³-hybridized carbons (Fsp3) is 0.444. The molecule has 0 aliphatic rings. The van der Waals surface area contributed by atoms with Crippen molar-refractivity contribution in [2.75, 3.05) is 0 Å². The van der Waals surface area contributed by atoms with Crippen LogP contribution in [0.3, 0.4) is 0 Å². The molecule has 182 valence electrons. The maximum atomic E-state index is 11.7. The first-order valence-electron chi connectivity index (χ1n) is 11.7. The standard InChI is InChI=1S/C27H39NO5/c1-2-3-4-5-6-7-8-9-10-11-12-13-14-15-16-17-18-19-20-21-25(29)28-24(27(32)33)22-23-26(30)31/h10-21,24H,2-9,22-23H2,1H3,(H,28,29)(H,30,31)(H,32,33)/t24-/m0/s1. The topological polar surface area (TPSA) is 104 Å². The van der Waals surface area contributed by atoms with Crippen LogP contribution < -0.4 is 5.32 Å². The van der Waals surface area contributed by atoms with Gasteiger partial charge in [-0.25, -0.2) is 4.79 Å². The van der Waals surface area contributed by atoms with E-state index in [1.807, 2.05) is 30.4 Å². The highest BCUT2D eigenvalue weighted by molar-refractivity contribution is 5.91. The number of aliphatic carboxylic acids is 2. The van der Waals surface area contributed by atoms with Gasteiger partial charge in [-0.05, 0) is 19.3 Å². The quantitative estimate of drug-likeness (QED) is 0.127. The first kappa shape index (κ1) is 29.9. The molecule has 0 saturated carbocycles. The Morgan fingerprint density at radius 1 is 0.727 bits per heavy atom. The molecule has 0 aliphatic carbocycles. The van der Waals surface area contributed by atoms with Gasteiger partial charge in [-0.15, -0.1) is 0 Å². The van der Waals surface area contributed by atoms with E-state index in [9.17, 15) is 14.4 Å². The van der Waals surface area contributed by atoms with Crippen LogP contribution in [0.1, 0.15) is 71.1 Å². The largest absolute Gasteiger partial charge is 0.481 e. The molecular weight excluding hydrogens is 418 g/mol. The zero-order chi connectivity index (χ0) is 24.6. The number of carbonyl (C=O) groups excluding carboxylic acids is 1. The molecule has 0 unspecified atom stereocenters. The lowest BCUT2D eigenvalue weighted by Gasteiger charge is -2.11. The predicted molar refractivity (Wildman–Crippen MR) is 134 cm³/mol. The third-order valence-electron chi connectivity index (χ3n) is 4.62. The molecule has 1 amide bonds. The van der Waals surface area contributed by atoms with E-state index >= 15 is 0 Å². The molecular formula is C27H39NO5. The normalized spacial score (nSPS) is 13.4. The maximum absolute atomic E-state index is 11.7. The Morgan fingerprint density at radius 2 is 1.24 bits per heavy atom. The van der Waals surface area contributed by atoms with Crippen LogP contribution in [0, 0.1) is 0 Å². The number of amides is 1. The second-order valence-corrected chi connectivity index (χ2v) is 7.57. The van der Waals surface area contributed by atoms with E-state index in [2.05, 4.69) is 24.4 Å². The van der Waals surface area contributed by atoms with E-state index in [1.165, 1.54) is 57.1 Å². The number of hydrogen-bond acceptors (Lipinski definition) is 3. The number of rotatable bonds is 19. The van der Waals surface area contributed by atoms with Crippen molar-refractivity contribution in [3.8, 4) is 0 Å². The highest BCUT2D eigenvalue weighted by Crippen LogP contribution is 2.08. The van der Waals surface area contributed by atoms with Crippen LogP contribution in [0.25, 0.3) is 0 Å². The third-order valence-corrected chi connectivity index (χ3v) is 4.62. The van der Waals surface area contributed by atoms with Gasteiger partial charge in [0.25, 0.3) is 0 Å². The van der Waals surface area contributed by atoms with Crippen LogP contribution in [0.2, 0.25) is 0 Å². The lowest BCUT2D eigenvalue weighted by molar-refractivity contribution is -0.142. The summed E-state index contributed by atoms with van der Waals surface area (Å²) < 4.78 is 0. The minimum atomic E-state index is -1.26. The predicted octanol–water partition coefficient (Wildman–Crippen LogP) is 5.90. The van der Waals surface area contributed by atoms with Gasteiger partial charge in [0.1, 0.15) is 6.04 Å². The Labute approximate surface area is 198 Å². The van der Waals surface area contributed by atoms with Crippen molar-refractivity contribution in [2.45, 2.75) is 77.2 Å². The summed E-state index contributed by atoms with van der Waals surface area (Å²) in [5.41, 5.74) is 0. The number of carboxylic acid groups (broad SMARTS) is 2. The van der Waals surface area contributed by atoms with Crippen molar-refractivity contribution in [2.24, 2.45) is 0 Å². The van der Waals surface area contributed by atoms with Gasteiger partial charge in [0.05, 0.1) is 0 Å². The summed E-state index contributed by atoms with van der Waals surface area (Å²) in [4.78, 5) is 33.3. The summed E-state index contributed by atoms with van der Waals surface area (Å²) >= 11 is 0. The summed E-state index contributed by atoms with van der Waals surface area (Å²) in [6.07, 6.45) is 31.7. The minimum Gasteiger partial charge on any atom is -0.481 e. The summed E-state index contributed by atoms with van der Waals surface area (Å²) in [5.74, 6) is -2.96. The first-order valence-corrected chi connectivity index (χ1v) is 11.7. The molecule has 1 atom stereocenters. The van der Waals surface area contributed by atoms with E-state index in [0.29, 0.717) is 0 Å². The van der Waals surface area contributed by atoms with Gasteiger partial charge >= 0.3 is 11.9 Å². The molecule has 0 aromatic carbocycles. The lowest BCUT2D eigenvalue weighted by atomic mass is 10.1. The lowest BCUT2D eigenvalue weighted by Crippen LogP contribution is -2.40. The number of carbonyl (C=O) groups is 3. The van der Waals surface area contributed by atoms with Gasteiger partial charge in [-0.3, -0.25) is 9.59 Å². The molecule has 0 spiro atoms. The molecule has 0 heterocycles. The molecule has 0 saturated heterocycles. The fourth-order valence-electron chi connectivity index (χ4n) is 2.80. The average molecular weight is 458 g/mol. The van der Waals surface area contributed by atoms with Gasteiger partial charge in [0.2, 0.25) is 5.91 Å². The molecule has 0 aromatic heterocycles. The second kappa shape index (κ2) is 22.1. The summed E-state index contributed by atoms with van der Waals surface area (Å²) in [6, 6.07) is -1.23. The molecule has 0 bridgehead atoms. The van der Waals surface area contributed by atoms with Crippen molar-refractivity contribution >= 4 is 17.8 Å².